The molecule has 0 bridgehead atoms. The van der Waals surface area contributed by atoms with Gasteiger partial charge in [0.25, 0.3) is 0 Å². The van der Waals surface area contributed by atoms with E-state index in [0.29, 0.717) is 35.4 Å². The first-order valence-electron chi connectivity index (χ1n) is 6.30. The number of sulfonamides is 1. The van der Waals surface area contributed by atoms with Crippen LogP contribution in [0.3, 0.4) is 0 Å². The first kappa shape index (κ1) is 14.8. The molecule has 6 nitrogen and oxygen atoms in total. The van der Waals surface area contributed by atoms with E-state index in [9.17, 15) is 8.42 Å². The van der Waals surface area contributed by atoms with Crippen LogP contribution in [0, 0.1) is 6.92 Å². The van der Waals surface area contributed by atoms with Gasteiger partial charge in [-0.05, 0) is 26.0 Å². The second kappa shape index (κ2) is 6.25. The predicted octanol–water partition coefficient (Wildman–Crippen LogP) is 0.611. The fraction of sp³-hybridized carbons (Fsp3) is 0.727. The molecule has 3 N–H and O–H groups in total. The van der Waals surface area contributed by atoms with Crippen LogP contribution in [0.1, 0.15) is 24.2 Å². The Morgan fingerprint density at radius 1 is 1.47 bits per heavy atom. The van der Waals surface area contributed by atoms with Crippen LogP contribution >= 0.6 is 11.8 Å². The molecule has 19 heavy (non-hydrogen) atoms. The maximum absolute atomic E-state index is 12.3. The van der Waals surface area contributed by atoms with Crippen LogP contribution in [-0.4, -0.2) is 43.2 Å². The molecule has 1 aliphatic rings. The molecular weight excluding hydrogens is 284 g/mol. The van der Waals surface area contributed by atoms with Crippen molar-refractivity contribution in [3.63, 3.8) is 0 Å². The van der Waals surface area contributed by atoms with E-state index < -0.39 is 10.0 Å². The van der Waals surface area contributed by atoms with Crippen LogP contribution in [0.15, 0.2) is 4.90 Å². The zero-order valence-corrected chi connectivity index (χ0v) is 12.8. The highest BCUT2D eigenvalue weighted by Crippen LogP contribution is 2.21. The van der Waals surface area contributed by atoms with Gasteiger partial charge in [-0.2, -0.15) is 16.9 Å². The number of aromatic amines is 1. The number of nitrogens with one attached hydrogen (secondary N) is 3. The molecule has 1 aliphatic carbocycles. The Morgan fingerprint density at radius 3 is 2.84 bits per heavy atom. The molecule has 2 rings (SSSR count). The minimum atomic E-state index is -3.48. The summed E-state index contributed by atoms with van der Waals surface area (Å²) < 4.78 is 27.1. The number of aryl methyl sites for hydroxylation is 1. The molecule has 1 saturated carbocycles. The highest BCUT2D eigenvalue weighted by atomic mass is 32.2. The van der Waals surface area contributed by atoms with Crippen LogP contribution < -0.4 is 10.0 Å². The molecular formula is C11H20N4O2S2. The number of H-pyrrole nitrogens is 1. The van der Waals surface area contributed by atoms with Crippen molar-refractivity contribution in [2.75, 3.05) is 18.6 Å². The van der Waals surface area contributed by atoms with Crippen molar-refractivity contribution in [3.05, 3.63) is 11.4 Å². The third-order valence-electron chi connectivity index (χ3n) is 2.96. The van der Waals surface area contributed by atoms with Gasteiger partial charge >= 0.3 is 0 Å². The fourth-order valence-electron chi connectivity index (χ4n) is 1.82. The summed E-state index contributed by atoms with van der Waals surface area (Å²) in [5.74, 6) is 0.756. The number of rotatable bonds is 8. The standard InChI is InChI=1S/C11H20N4O2S2/c1-8-11(19(16,17)13-5-6-18-2)10(15-14-8)7-12-9-3-4-9/h9,12-13H,3-7H2,1-2H3,(H,14,15). The quantitative estimate of drug-likeness (QED) is 0.613. The zero-order valence-electron chi connectivity index (χ0n) is 11.2. The van der Waals surface area contributed by atoms with E-state index in [0.717, 1.165) is 18.6 Å². The largest absolute Gasteiger partial charge is 0.308 e. The van der Waals surface area contributed by atoms with E-state index in [1.165, 1.54) is 0 Å². The maximum Gasteiger partial charge on any atom is 0.244 e. The number of thioether (sulfide) groups is 1. The first-order valence-corrected chi connectivity index (χ1v) is 9.18. The minimum absolute atomic E-state index is 0.293. The smallest absolute Gasteiger partial charge is 0.244 e. The average molecular weight is 304 g/mol. The summed E-state index contributed by atoms with van der Waals surface area (Å²) in [6.45, 7) is 2.66. The average Bonchev–Trinajstić information content (AvgIpc) is 3.10. The van der Waals surface area contributed by atoms with Crippen molar-refractivity contribution in [2.24, 2.45) is 0 Å². The zero-order chi connectivity index (χ0) is 13.9. The van der Waals surface area contributed by atoms with Crippen LogP contribution in [0.25, 0.3) is 0 Å². The molecule has 0 radical (unpaired) electrons. The van der Waals surface area contributed by atoms with Gasteiger partial charge in [0.2, 0.25) is 10.0 Å². The number of hydrogen-bond acceptors (Lipinski definition) is 5. The third-order valence-corrected chi connectivity index (χ3v) is 5.24. The van der Waals surface area contributed by atoms with Gasteiger partial charge in [0.1, 0.15) is 4.90 Å². The monoisotopic (exact) mass is 304 g/mol. The van der Waals surface area contributed by atoms with Crippen molar-refractivity contribution in [2.45, 2.75) is 37.2 Å². The topological polar surface area (TPSA) is 86.9 Å². The fourth-order valence-corrected chi connectivity index (χ4v) is 3.65. The van der Waals surface area contributed by atoms with Gasteiger partial charge in [-0.15, -0.1) is 0 Å². The second-order valence-corrected chi connectivity index (χ2v) is 7.36. The molecule has 1 fully saturated rings. The second-order valence-electron chi connectivity index (χ2n) is 4.67. The first-order chi connectivity index (χ1) is 9.04. The summed E-state index contributed by atoms with van der Waals surface area (Å²) in [7, 11) is -3.48. The Kier molecular flexibility index (Phi) is 4.88. The lowest BCUT2D eigenvalue weighted by Crippen LogP contribution is -2.28. The summed E-state index contributed by atoms with van der Waals surface area (Å²) in [5, 5.41) is 10.1. The Bertz CT molecular complexity index is 523. The Hall–Kier alpha value is -0.570. The molecule has 8 heteroatoms. The van der Waals surface area contributed by atoms with Crippen molar-refractivity contribution >= 4 is 21.8 Å². The highest BCUT2D eigenvalue weighted by molar-refractivity contribution is 7.98. The minimum Gasteiger partial charge on any atom is -0.308 e. The van der Waals surface area contributed by atoms with Crippen molar-refractivity contribution in [3.8, 4) is 0 Å². The molecule has 0 saturated heterocycles. The highest BCUT2D eigenvalue weighted by Gasteiger charge is 2.26. The number of nitrogens with zero attached hydrogens (tertiary/aromatic N) is 1. The van der Waals surface area contributed by atoms with Crippen LogP contribution in [0.4, 0.5) is 0 Å². The molecule has 0 unspecified atom stereocenters. The third kappa shape index (κ3) is 3.95. The Morgan fingerprint density at radius 2 is 2.21 bits per heavy atom. The van der Waals surface area contributed by atoms with Crippen LogP contribution in [0.2, 0.25) is 0 Å². The van der Waals surface area contributed by atoms with Gasteiger partial charge in [0.05, 0.1) is 11.4 Å². The lowest BCUT2D eigenvalue weighted by atomic mass is 10.3. The Balaban J connectivity index is 2.09. The molecule has 1 aromatic rings. The predicted molar refractivity (Wildman–Crippen MR) is 76.8 cm³/mol. The lowest BCUT2D eigenvalue weighted by Gasteiger charge is -2.08. The van der Waals surface area contributed by atoms with E-state index >= 15 is 0 Å². The van der Waals surface area contributed by atoms with Gasteiger partial charge < -0.3 is 5.32 Å². The van der Waals surface area contributed by atoms with E-state index in [2.05, 4.69) is 20.2 Å². The van der Waals surface area contributed by atoms with Gasteiger partial charge in [-0.1, -0.05) is 0 Å². The molecule has 0 atom stereocenters. The summed E-state index contributed by atoms with van der Waals surface area (Å²) in [4.78, 5) is 0.293. The molecule has 0 aromatic carbocycles. The van der Waals surface area contributed by atoms with E-state index in [-0.39, 0.29) is 0 Å². The maximum atomic E-state index is 12.3. The van der Waals surface area contributed by atoms with Crippen molar-refractivity contribution < 1.29 is 8.42 Å². The molecule has 1 heterocycles. The van der Waals surface area contributed by atoms with Crippen molar-refractivity contribution in [1.29, 1.82) is 0 Å². The molecule has 0 spiro atoms. The normalized spacial score (nSPS) is 15.9. The molecule has 108 valence electrons. The van der Waals surface area contributed by atoms with Gasteiger partial charge in [-0.3, -0.25) is 5.10 Å². The van der Waals surface area contributed by atoms with Crippen molar-refractivity contribution in [1.82, 2.24) is 20.2 Å². The number of aromatic nitrogens is 2. The molecule has 0 aliphatic heterocycles. The van der Waals surface area contributed by atoms with E-state index in [4.69, 9.17) is 0 Å². The van der Waals surface area contributed by atoms with Gasteiger partial charge in [0, 0.05) is 24.9 Å². The van der Waals surface area contributed by atoms with Crippen LogP contribution in [0.5, 0.6) is 0 Å². The lowest BCUT2D eigenvalue weighted by molar-refractivity contribution is 0.580. The van der Waals surface area contributed by atoms with E-state index in [1.54, 1.807) is 18.7 Å². The summed E-state index contributed by atoms with van der Waals surface area (Å²) in [6, 6.07) is 0.525. The van der Waals surface area contributed by atoms with Crippen LogP contribution in [-0.2, 0) is 16.6 Å². The SMILES string of the molecule is CSCCNS(=O)(=O)c1c(CNC2CC2)n[nH]c1C. The molecule has 1 aromatic heterocycles. The summed E-state index contributed by atoms with van der Waals surface area (Å²) in [5.41, 5.74) is 1.16. The van der Waals surface area contributed by atoms with E-state index in [1.807, 2.05) is 6.26 Å². The number of hydrogen-bond donors (Lipinski definition) is 3. The summed E-state index contributed by atoms with van der Waals surface area (Å²) in [6.07, 6.45) is 4.28. The summed E-state index contributed by atoms with van der Waals surface area (Å²) >= 11 is 1.61. The Labute approximate surface area is 118 Å². The van der Waals surface area contributed by atoms with Gasteiger partial charge in [0.15, 0.2) is 0 Å². The van der Waals surface area contributed by atoms with Gasteiger partial charge in [-0.25, -0.2) is 13.1 Å². The molecule has 0 amide bonds.